The smallest absolute Gasteiger partial charge is 0.188 e. The largest absolute Gasteiger partial charge is 0.493 e. The fourth-order valence-electron chi connectivity index (χ4n) is 2.59. The maximum atomic E-state index is 5.91. The molecule has 0 saturated carbocycles. The minimum absolute atomic E-state index is 0.450. The van der Waals surface area contributed by atoms with Crippen LogP contribution in [0, 0.1) is 6.92 Å². The van der Waals surface area contributed by atoms with Crippen molar-refractivity contribution in [1.29, 1.82) is 0 Å². The minimum Gasteiger partial charge on any atom is -0.493 e. The molecule has 0 fully saturated rings. The summed E-state index contributed by atoms with van der Waals surface area (Å²) in [6, 6.07) is 13.9. The zero-order chi connectivity index (χ0) is 19.5. The maximum Gasteiger partial charge on any atom is 0.188 e. The number of guanidine groups is 1. The van der Waals surface area contributed by atoms with Crippen LogP contribution in [0.4, 0.5) is 0 Å². The number of methoxy groups -OCH3 is 2. The number of nitrogens with one attached hydrogen (secondary N) is 1. The van der Waals surface area contributed by atoms with Gasteiger partial charge in [-0.1, -0.05) is 24.3 Å². The van der Waals surface area contributed by atoms with E-state index >= 15 is 0 Å². The third-order valence-electron chi connectivity index (χ3n) is 4.10. The van der Waals surface area contributed by atoms with Crippen molar-refractivity contribution in [3.63, 3.8) is 0 Å². The van der Waals surface area contributed by atoms with Crippen molar-refractivity contribution in [1.82, 2.24) is 5.32 Å². The Morgan fingerprint density at radius 1 is 1.04 bits per heavy atom. The van der Waals surface area contributed by atoms with E-state index in [1.807, 2.05) is 49.4 Å². The highest BCUT2D eigenvalue weighted by Crippen LogP contribution is 2.27. The zero-order valence-corrected chi connectivity index (χ0v) is 16.3. The molecular formula is C21H29N3O3. The van der Waals surface area contributed by atoms with E-state index in [1.54, 1.807) is 14.2 Å². The van der Waals surface area contributed by atoms with Crippen LogP contribution < -0.4 is 25.3 Å². The monoisotopic (exact) mass is 371 g/mol. The fraction of sp³-hybridized carbons (Fsp3) is 0.381. The molecule has 3 N–H and O–H groups in total. The van der Waals surface area contributed by atoms with E-state index in [9.17, 15) is 0 Å². The van der Waals surface area contributed by atoms with Crippen LogP contribution in [0.15, 0.2) is 47.5 Å². The van der Waals surface area contributed by atoms with E-state index < -0.39 is 0 Å². The summed E-state index contributed by atoms with van der Waals surface area (Å²) < 4.78 is 16.3. The quantitative estimate of drug-likeness (QED) is 0.381. The first-order valence-electron chi connectivity index (χ1n) is 9.07. The van der Waals surface area contributed by atoms with Gasteiger partial charge in [0, 0.05) is 19.5 Å². The predicted molar refractivity (Wildman–Crippen MR) is 109 cm³/mol. The van der Waals surface area contributed by atoms with E-state index in [0.717, 1.165) is 41.2 Å². The first-order valence-corrected chi connectivity index (χ1v) is 9.07. The number of nitrogens with two attached hydrogens (primary N) is 1. The Labute approximate surface area is 161 Å². The summed E-state index contributed by atoms with van der Waals surface area (Å²) in [4.78, 5) is 4.33. The Hall–Kier alpha value is -2.89. The average molecular weight is 371 g/mol. The number of para-hydroxylation sites is 1. The van der Waals surface area contributed by atoms with E-state index in [-0.39, 0.29) is 0 Å². The van der Waals surface area contributed by atoms with Gasteiger partial charge in [0.05, 0.1) is 20.8 Å². The maximum absolute atomic E-state index is 5.91. The van der Waals surface area contributed by atoms with Crippen molar-refractivity contribution in [2.75, 3.05) is 33.9 Å². The molecule has 0 saturated heterocycles. The normalized spacial score (nSPS) is 11.1. The Morgan fingerprint density at radius 3 is 2.56 bits per heavy atom. The van der Waals surface area contributed by atoms with Crippen LogP contribution in [0.2, 0.25) is 0 Å². The number of nitrogens with zero attached hydrogens (tertiary/aromatic N) is 1. The first kappa shape index (κ1) is 20.4. The average Bonchev–Trinajstić information content (AvgIpc) is 2.69. The van der Waals surface area contributed by atoms with Gasteiger partial charge in [0.15, 0.2) is 17.5 Å². The zero-order valence-electron chi connectivity index (χ0n) is 16.3. The minimum atomic E-state index is 0.450. The first-order chi connectivity index (χ1) is 13.1. The number of benzene rings is 2. The Balaban J connectivity index is 1.66. The van der Waals surface area contributed by atoms with E-state index in [2.05, 4.69) is 10.3 Å². The molecule has 6 heteroatoms. The molecule has 0 unspecified atom stereocenters. The lowest BCUT2D eigenvalue weighted by Crippen LogP contribution is -2.33. The lowest BCUT2D eigenvalue weighted by molar-refractivity contribution is 0.311. The number of aliphatic imine (C=N–C) groups is 1. The molecule has 2 aromatic rings. The van der Waals surface area contributed by atoms with Gasteiger partial charge in [-0.05, 0) is 42.7 Å². The SMILES string of the molecule is COc1ccc(CCNC(N)=NCCCOc2ccccc2C)cc1OC. The Bertz CT molecular complexity index is 747. The topological polar surface area (TPSA) is 78.1 Å². The highest BCUT2D eigenvalue weighted by Gasteiger charge is 2.04. The van der Waals surface area contributed by atoms with Crippen molar-refractivity contribution in [3.8, 4) is 17.2 Å². The van der Waals surface area contributed by atoms with Crippen LogP contribution in [0.5, 0.6) is 17.2 Å². The van der Waals surface area contributed by atoms with Gasteiger partial charge in [-0.25, -0.2) is 0 Å². The van der Waals surface area contributed by atoms with Gasteiger partial charge < -0.3 is 25.3 Å². The predicted octanol–water partition coefficient (Wildman–Crippen LogP) is 2.93. The molecule has 0 aromatic heterocycles. The highest BCUT2D eigenvalue weighted by atomic mass is 16.5. The van der Waals surface area contributed by atoms with E-state index in [4.69, 9.17) is 19.9 Å². The van der Waals surface area contributed by atoms with Crippen LogP contribution >= 0.6 is 0 Å². The second-order valence-corrected chi connectivity index (χ2v) is 6.10. The van der Waals surface area contributed by atoms with E-state index in [1.165, 1.54) is 0 Å². The summed E-state index contributed by atoms with van der Waals surface area (Å²) in [6.07, 6.45) is 1.62. The fourth-order valence-corrected chi connectivity index (χ4v) is 2.59. The molecule has 2 rings (SSSR count). The van der Waals surface area contributed by atoms with Gasteiger partial charge in [-0.3, -0.25) is 4.99 Å². The molecule has 27 heavy (non-hydrogen) atoms. The molecule has 0 aliphatic carbocycles. The second-order valence-electron chi connectivity index (χ2n) is 6.10. The molecule has 0 radical (unpaired) electrons. The van der Waals surface area contributed by atoms with Crippen molar-refractivity contribution < 1.29 is 14.2 Å². The van der Waals surface area contributed by atoms with Gasteiger partial charge in [0.1, 0.15) is 5.75 Å². The summed E-state index contributed by atoms with van der Waals surface area (Å²) in [5.41, 5.74) is 8.19. The van der Waals surface area contributed by atoms with Crippen LogP contribution in [0.3, 0.4) is 0 Å². The van der Waals surface area contributed by atoms with Gasteiger partial charge in [0.2, 0.25) is 0 Å². The Morgan fingerprint density at radius 2 is 1.81 bits per heavy atom. The molecule has 6 nitrogen and oxygen atoms in total. The van der Waals surface area contributed by atoms with Crippen molar-refractivity contribution in [2.24, 2.45) is 10.7 Å². The lowest BCUT2D eigenvalue weighted by atomic mass is 10.1. The number of ether oxygens (including phenoxy) is 3. The Kier molecular flexibility index (Phi) is 8.29. The molecule has 0 amide bonds. The van der Waals surface area contributed by atoms with Gasteiger partial charge in [-0.15, -0.1) is 0 Å². The molecule has 0 bridgehead atoms. The highest BCUT2D eigenvalue weighted by molar-refractivity contribution is 5.77. The molecule has 0 heterocycles. The number of rotatable bonds is 10. The third-order valence-corrected chi connectivity index (χ3v) is 4.10. The summed E-state index contributed by atoms with van der Waals surface area (Å²) in [5.74, 6) is 2.82. The van der Waals surface area contributed by atoms with E-state index in [0.29, 0.717) is 25.7 Å². The molecule has 0 spiro atoms. The molecule has 0 atom stereocenters. The van der Waals surface area contributed by atoms with Crippen LogP contribution in [-0.4, -0.2) is 39.9 Å². The molecule has 146 valence electrons. The third kappa shape index (κ3) is 6.73. The summed E-state index contributed by atoms with van der Waals surface area (Å²) in [5, 5.41) is 3.13. The number of hydrogen-bond donors (Lipinski definition) is 2. The molecular weight excluding hydrogens is 342 g/mol. The summed E-state index contributed by atoms with van der Waals surface area (Å²) >= 11 is 0. The van der Waals surface area contributed by atoms with Crippen molar-refractivity contribution in [3.05, 3.63) is 53.6 Å². The summed E-state index contributed by atoms with van der Waals surface area (Å²) in [6.45, 7) is 3.98. The van der Waals surface area contributed by atoms with Gasteiger partial charge in [0.25, 0.3) is 0 Å². The lowest BCUT2D eigenvalue weighted by Gasteiger charge is -2.10. The number of aryl methyl sites for hydroxylation is 1. The van der Waals surface area contributed by atoms with Crippen molar-refractivity contribution >= 4 is 5.96 Å². The molecule has 2 aromatic carbocycles. The van der Waals surface area contributed by atoms with Crippen LogP contribution in [0.1, 0.15) is 17.5 Å². The van der Waals surface area contributed by atoms with Gasteiger partial charge in [-0.2, -0.15) is 0 Å². The molecule has 0 aliphatic heterocycles. The van der Waals surface area contributed by atoms with Crippen LogP contribution in [0.25, 0.3) is 0 Å². The number of hydrogen-bond acceptors (Lipinski definition) is 4. The second kappa shape index (κ2) is 11.0. The summed E-state index contributed by atoms with van der Waals surface area (Å²) in [7, 11) is 3.26. The van der Waals surface area contributed by atoms with Gasteiger partial charge >= 0.3 is 0 Å². The molecule has 0 aliphatic rings. The van der Waals surface area contributed by atoms with Crippen LogP contribution in [-0.2, 0) is 6.42 Å². The standard InChI is InChI=1S/C21H29N3O3/c1-16-7-4-5-8-18(16)27-14-6-12-23-21(22)24-13-11-17-9-10-19(25-2)20(15-17)26-3/h4-5,7-10,15H,6,11-14H2,1-3H3,(H3,22,23,24). The van der Waals surface area contributed by atoms with Crippen molar-refractivity contribution in [2.45, 2.75) is 19.8 Å².